The zero-order valence-electron chi connectivity index (χ0n) is 11.9. The fourth-order valence-electron chi connectivity index (χ4n) is 2.29. The number of rotatable bonds is 7. The Hall–Kier alpha value is -1.14. The lowest BCUT2D eigenvalue weighted by atomic mass is 10.1. The van der Waals surface area contributed by atoms with Crippen molar-refractivity contribution in [1.29, 1.82) is 0 Å². The number of hydrogen-bond acceptors (Lipinski definition) is 4. The minimum Gasteiger partial charge on any atom is -0.481 e. The highest BCUT2D eigenvalue weighted by atomic mass is 16.5. The van der Waals surface area contributed by atoms with Crippen molar-refractivity contribution in [2.75, 3.05) is 20.2 Å². The van der Waals surface area contributed by atoms with E-state index >= 15 is 0 Å². The Kier molecular flexibility index (Phi) is 6.24. The first-order valence-corrected chi connectivity index (χ1v) is 6.74. The van der Waals surface area contributed by atoms with Gasteiger partial charge in [0, 0.05) is 32.7 Å². The Bertz CT molecular complexity index is 320. The third kappa shape index (κ3) is 4.80. The molecule has 1 saturated heterocycles. The smallest absolute Gasteiger partial charge is 0.303 e. The van der Waals surface area contributed by atoms with E-state index in [2.05, 4.69) is 5.32 Å². The molecule has 110 valence electrons. The number of amides is 1. The zero-order valence-corrected chi connectivity index (χ0v) is 11.9. The first-order valence-electron chi connectivity index (χ1n) is 6.74. The number of carbonyl (C=O) groups is 2. The molecule has 6 heteroatoms. The lowest BCUT2D eigenvalue weighted by Crippen LogP contribution is -2.47. The van der Waals surface area contributed by atoms with Crippen molar-refractivity contribution in [3.63, 3.8) is 0 Å². The Morgan fingerprint density at radius 3 is 2.63 bits per heavy atom. The van der Waals surface area contributed by atoms with Gasteiger partial charge in [-0.3, -0.25) is 9.59 Å². The first-order chi connectivity index (χ1) is 8.95. The Labute approximate surface area is 114 Å². The highest BCUT2D eigenvalue weighted by Gasteiger charge is 2.32. The van der Waals surface area contributed by atoms with Crippen LogP contribution in [0.1, 0.15) is 33.1 Å². The van der Waals surface area contributed by atoms with Crippen molar-refractivity contribution < 1.29 is 19.4 Å². The largest absolute Gasteiger partial charge is 0.481 e. The number of carboxylic acid groups (broad SMARTS) is 1. The Balaban J connectivity index is 2.51. The molecule has 1 heterocycles. The van der Waals surface area contributed by atoms with E-state index in [1.807, 2.05) is 13.8 Å². The summed E-state index contributed by atoms with van der Waals surface area (Å²) in [6.45, 7) is 5.06. The molecule has 1 aliphatic rings. The third-order valence-electron chi connectivity index (χ3n) is 3.42. The van der Waals surface area contributed by atoms with Gasteiger partial charge in [0.15, 0.2) is 0 Å². The van der Waals surface area contributed by atoms with Gasteiger partial charge in [-0.05, 0) is 26.7 Å². The van der Waals surface area contributed by atoms with E-state index < -0.39 is 5.97 Å². The van der Waals surface area contributed by atoms with Gasteiger partial charge >= 0.3 is 5.97 Å². The summed E-state index contributed by atoms with van der Waals surface area (Å²) in [6.07, 6.45) is 1.34. The van der Waals surface area contributed by atoms with Crippen molar-refractivity contribution >= 4 is 11.9 Å². The van der Waals surface area contributed by atoms with Crippen LogP contribution >= 0.6 is 0 Å². The number of carboxylic acids is 1. The molecular weight excluding hydrogens is 248 g/mol. The van der Waals surface area contributed by atoms with Crippen LogP contribution in [0.25, 0.3) is 0 Å². The second-order valence-electron chi connectivity index (χ2n) is 5.18. The fraction of sp³-hybridized carbons (Fsp3) is 0.846. The molecule has 0 aromatic carbocycles. The summed E-state index contributed by atoms with van der Waals surface area (Å²) in [4.78, 5) is 24.7. The number of methoxy groups -OCH3 is 1. The SMILES string of the molecule is COC1CNC(C(=O)N(CCCC(=O)O)C(C)C)C1. The minimum absolute atomic E-state index is 0.0416. The molecule has 0 saturated carbocycles. The maximum absolute atomic E-state index is 12.4. The number of nitrogens with one attached hydrogen (secondary N) is 1. The normalized spacial score (nSPS) is 22.7. The van der Waals surface area contributed by atoms with E-state index in [9.17, 15) is 9.59 Å². The molecule has 0 aromatic heterocycles. The summed E-state index contributed by atoms with van der Waals surface area (Å²) in [5.74, 6) is -0.783. The monoisotopic (exact) mass is 272 g/mol. The van der Waals surface area contributed by atoms with Crippen LogP contribution in [0.2, 0.25) is 0 Å². The Morgan fingerprint density at radius 2 is 2.16 bits per heavy atom. The average molecular weight is 272 g/mol. The highest BCUT2D eigenvalue weighted by molar-refractivity contribution is 5.82. The molecule has 0 bridgehead atoms. The zero-order chi connectivity index (χ0) is 14.4. The summed E-state index contributed by atoms with van der Waals surface area (Å²) >= 11 is 0. The molecule has 0 spiro atoms. The standard InChI is InChI=1S/C13H24N2O4/c1-9(2)15(6-4-5-12(16)17)13(18)11-7-10(19-3)8-14-11/h9-11,14H,4-8H2,1-3H3,(H,16,17). The summed E-state index contributed by atoms with van der Waals surface area (Å²) in [5.41, 5.74) is 0. The Morgan fingerprint density at radius 1 is 1.47 bits per heavy atom. The van der Waals surface area contributed by atoms with E-state index in [1.54, 1.807) is 12.0 Å². The van der Waals surface area contributed by atoms with Gasteiger partial charge in [-0.1, -0.05) is 0 Å². The van der Waals surface area contributed by atoms with Gasteiger partial charge in [0.25, 0.3) is 0 Å². The van der Waals surface area contributed by atoms with E-state index in [-0.39, 0.29) is 30.5 Å². The first kappa shape index (κ1) is 15.9. The lowest BCUT2D eigenvalue weighted by molar-refractivity contribution is -0.139. The van der Waals surface area contributed by atoms with Gasteiger partial charge in [-0.25, -0.2) is 0 Å². The molecule has 2 unspecified atom stereocenters. The predicted octanol–water partition coefficient (Wildman–Crippen LogP) is 0.465. The molecule has 1 rings (SSSR count). The second kappa shape index (κ2) is 7.45. The molecule has 2 N–H and O–H groups in total. The maximum atomic E-state index is 12.4. The fourth-order valence-corrected chi connectivity index (χ4v) is 2.29. The predicted molar refractivity (Wildman–Crippen MR) is 70.9 cm³/mol. The van der Waals surface area contributed by atoms with Crippen LogP contribution in [0.15, 0.2) is 0 Å². The van der Waals surface area contributed by atoms with Crippen molar-refractivity contribution in [2.45, 2.75) is 51.3 Å². The van der Waals surface area contributed by atoms with Crippen LogP contribution in [-0.4, -0.2) is 60.3 Å². The lowest BCUT2D eigenvalue weighted by Gasteiger charge is -2.29. The van der Waals surface area contributed by atoms with Crippen LogP contribution in [0.3, 0.4) is 0 Å². The van der Waals surface area contributed by atoms with Crippen LogP contribution < -0.4 is 5.32 Å². The number of nitrogens with zero attached hydrogens (tertiary/aromatic N) is 1. The second-order valence-corrected chi connectivity index (χ2v) is 5.18. The maximum Gasteiger partial charge on any atom is 0.303 e. The summed E-state index contributed by atoms with van der Waals surface area (Å²) in [7, 11) is 1.65. The minimum atomic E-state index is -0.824. The highest BCUT2D eigenvalue weighted by Crippen LogP contribution is 2.14. The van der Waals surface area contributed by atoms with Crippen LogP contribution in [0, 0.1) is 0 Å². The molecule has 0 radical (unpaired) electrons. The molecule has 0 aliphatic carbocycles. The van der Waals surface area contributed by atoms with Crippen LogP contribution in [-0.2, 0) is 14.3 Å². The van der Waals surface area contributed by atoms with Gasteiger partial charge < -0.3 is 20.1 Å². The van der Waals surface area contributed by atoms with E-state index in [0.717, 1.165) is 0 Å². The van der Waals surface area contributed by atoms with E-state index in [1.165, 1.54) is 0 Å². The molecule has 6 nitrogen and oxygen atoms in total. The van der Waals surface area contributed by atoms with Gasteiger partial charge in [0.1, 0.15) is 0 Å². The van der Waals surface area contributed by atoms with E-state index in [4.69, 9.17) is 9.84 Å². The number of carbonyl (C=O) groups excluding carboxylic acids is 1. The van der Waals surface area contributed by atoms with Crippen LogP contribution in [0.4, 0.5) is 0 Å². The van der Waals surface area contributed by atoms with Crippen molar-refractivity contribution in [2.24, 2.45) is 0 Å². The third-order valence-corrected chi connectivity index (χ3v) is 3.42. The van der Waals surface area contributed by atoms with Crippen molar-refractivity contribution in [3.05, 3.63) is 0 Å². The average Bonchev–Trinajstić information content (AvgIpc) is 2.81. The molecular formula is C13H24N2O4. The summed E-state index contributed by atoms with van der Waals surface area (Å²) in [5, 5.41) is 11.8. The number of ether oxygens (including phenoxy) is 1. The quantitative estimate of drug-likeness (QED) is 0.704. The van der Waals surface area contributed by atoms with Crippen LogP contribution in [0.5, 0.6) is 0 Å². The van der Waals surface area contributed by atoms with E-state index in [0.29, 0.717) is 25.9 Å². The topological polar surface area (TPSA) is 78.9 Å². The number of hydrogen-bond donors (Lipinski definition) is 2. The molecule has 2 atom stereocenters. The summed E-state index contributed by atoms with van der Waals surface area (Å²) in [6, 6.07) is -0.137. The molecule has 0 aromatic rings. The molecule has 1 aliphatic heterocycles. The summed E-state index contributed by atoms with van der Waals surface area (Å²) < 4.78 is 5.23. The van der Waals surface area contributed by atoms with Crippen molar-refractivity contribution in [1.82, 2.24) is 10.2 Å². The van der Waals surface area contributed by atoms with Crippen molar-refractivity contribution in [3.8, 4) is 0 Å². The molecule has 19 heavy (non-hydrogen) atoms. The van der Waals surface area contributed by atoms with Gasteiger partial charge in [0.2, 0.25) is 5.91 Å². The van der Waals surface area contributed by atoms with Gasteiger partial charge in [-0.2, -0.15) is 0 Å². The van der Waals surface area contributed by atoms with Gasteiger partial charge in [0.05, 0.1) is 12.1 Å². The molecule has 1 amide bonds. The number of aliphatic carboxylic acids is 1. The van der Waals surface area contributed by atoms with Gasteiger partial charge in [-0.15, -0.1) is 0 Å². The molecule has 1 fully saturated rings.